The van der Waals surface area contributed by atoms with E-state index in [1.54, 1.807) is 0 Å². The summed E-state index contributed by atoms with van der Waals surface area (Å²) in [5.74, 6) is -1.28. The second kappa shape index (κ2) is 6.36. The van der Waals surface area contributed by atoms with Crippen LogP contribution in [0.15, 0.2) is 12.1 Å². The van der Waals surface area contributed by atoms with E-state index in [0.29, 0.717) is 4.31 Å². The van der Waals surface area contributed by atoms with Gasteiger partial charge in [-0.2, -0.15) is 12.7 Å². The molecule has 20 heavy (non-hydrogen) atoms. The summed E-state index contributed by atoms with van der Waals surface area (Å²) in [7, 11) is -1.72. The van der Waals surface area contributed by atoms with Gasteiger partial charge in [0.25, 0.3) is 0 Å². The maximum Gasteiger partial charge on any atom is 0.318 e. The fourth-order valence-electron chi connectivity index (χ4n) is 1.43. The molecule has 10 heteroatoms. The quantitative estimate of drug-likeness (QED) is 0.873. The summed E-state index contributed by atoms with van der Waals surface area (Å²) in [6, 6.07) is 2.68. The van der Waals surface area contributed by atoms with Crippen LogP contribution in [0, 0.1) is 0 Å². The van der Waals surface area contributed by atoms with Crippen LogP contribution in [0.1, 0.15) is 0 Å². The summed E-state index contributed by atoms with van der Waals surface area (Å²) in [4.78, 5) is 10.6. The van der Waals surface area contributed by atoms with Crippen molar-refractivity contribution in [3.8, 4) is 0 Å². The largest absolute Gasteiger partial charge is 0.480 e. The first-order valence-electron chi connectivity index (χ1n) is 5.14. The molecule has 0 heterocycles. The van der Waals surface area contributed by atoms with Crippen molar-refractivity contribution in [1.82, 2.24) is 4.31 Å². The van der Waals surface area contributed by atoms with Crippen molar-refractivity contribution >= 4 is 56.7 Å². The average Bonchev–Trinajstić information content (AvgIpc) is 2.26. The molecule has 0 aliphatic carbocycles. The third-order valence-electron chi connectivity index (χ3n) is 2.39. The number of nitrogens with zero attached hydrogens (tertiary/aromatic N) is 2. The molecule has 0 amide bonds. The Morgan fingerprint density at radius 2 is 1.65 bits per heavy atom. The topological polar surface area (TPSA) is 77.9 Å². The van der Waals surface area contributed by atoms with Gasteiger partial charge in [-0.1, -0.05) is 34.8 Å². The third kappa shape index (κ3) is 3.67. The van der Waals surface area contributed by atoms with Crippen LogP contribution in [0.25, 0.3) is 0 Å². The Morgan fingerprint density at radius 3 is 2.05 bits per heavy atom. The maximum atomic E-state index is 12.2. The van der Waals surface area contributed by atoms with Crippen LogP contribution >= 0.6 is 34.8 Å². The van der Waals surface area contributed by atoms with Gasteiger partial charge in [0.15, 0.2) is 0 Å². The Hall–Kier alpha value is -0.730. The summed E-state index contributed by atoms with van der Waals surface area (Å²) in [6.07, 6.45) is 0. The van der Waals surface area contributed by atoms with E-state index in [1.165, 1.54) is 19.2 Å². The molecule has 0 aliphatic heterocycles. The highest BCUT2D eigenvalue weighted by atomic mass is 35.5. The zero-order chi connectivity index (χ0) is 15.7. The average molecular weight is 362 g/mol. The second-order valence-electron chi connectivity index (χ2n) is 3.84. The molecule has 1 aromatic carbocycles. The maximum absolute atomic E-state index is 12.2. The monoisotopic (exact) mass is 360 g/mol. The molecule has 0 bridgehead atoms. The summed E-state index contributed by atoms with van der Waals surface area (Å²) in [5, 5.41) is 8.99. The highest BCUT2D eigenvalue weighted by Crippen LogP contribution is 2.37. The number of rotatable bonds is 5. The van der Waals surface area contributed by atoms with Crippen molar-refractivity contribution < 1.29 is 18.3 Å². The first-order valence-corrected chi connectivity index (χ1v) is 7.67. The van der Waals surface area contributed by atoms with Gasteiger partial charge in [0, 0.05) is 19.1 Å². The second-order valence-corrected chi connectivity index (χ2v) is 7.16. The summed E-state index contributed by atoms with van der Waals surface area (Å²) in [6.45, 7) is -0.685. The molecule has 0 aliphatic rings. The molecule has 0 saturated heterocycles. The van der Waals surface area contributed by atoms with Crippen molar-refractivity contribution in [3.63, 3.8) is 0 Å². The van der Waals surface area contributed by atoms with E-state index >= 15 is 0 Å². The molecule has 1 rings (SSSR count). The Labute approximate surface area is 131 Å². The van der Waals surface area contributed by atoms with Crippen molar-refractivity contribution in [3.05, 3.63) is 27.2 Å². The number of likely N-dealkylation sites (N-methyl/N-ethyl adjacent to an activating group) is 1. The predicted octanol–water partition coefficient (Wildman–Crippen LogP) is 2.34. The van der Waals surface area contributed by atoms with Crippen LogP contribution in [0.3, 0.4) is 0 Å². The third-order valence-corrected chi connectivity index (χ3v) is 4.98. The van der Waals surface area contributed by atoms with Crippen LogP contribution in [0.4, 0.5) is 5.69 Å². The van der Waals surface area contributed by atoms with E-state index in [2.05, 4.69) is 0 Å². The molecule has 0 fully saturated rings. The normalized spacial score (nSPS) is 11.7. The summed E-state index contributed by atoms with van der Waals surface area (Å²) >= 11 is 17.6. The van der Waals surface area contributed by atoms with E-state index < -0.39 is 22.7 Å². The summed E-state index contributed by atoms with van der Waals surface area (Å²) < 4.78 is 25.9. The Morgan fingerprint density at radius 1 is 1.20 bits per heavy atom. The fourth-order valence-corrected chi connectivity index (χ4v) is 3.72. The van der Waals surface area contributed by atoms with Gasteiger partial charge in [-0.25, -0.2) is 0 Å². The number of carboxylic acid groups (broad SMARTS) is 1. The molecule has 0 atom stereocenters. The van der Waals surface area contributed by atoms with Gasteiger partial charge < -0.3 is 5.11 Å². The molecular formula is C10H11Cl3N2O4S. The molecule has 1 aromatic rings. The number of halogens is 3. The molecule has 0 aromatic heterocycles. The zero-order valence-corrected chi connectivity index (χ0v) is 13.6. The van der Waals surface area contributed by atoms with Crippen molar-refractivity contribution in [2.45, 2.75) is 0 Å². The fraction of sp³-hybridized carbons (Fsp3) is 0.300. The van der Waals surface area contributed by atoms with E-state index in [9.17, 15) is 13.2 Å². The molecule has 6 nitrogen and oxygen atoms in total. The molecule has 0 unspecified atom stereocenters. The number of anilines is 1. The van der Waals surface area contributed by atoms with Crippen LogP contribution in [0.5, 0.6) is 0 Å². The highest BCUT2D eigenvalue weighted by molar-refractivity contribution is 7.90. The van der Waals surface area contributed by atoms with Crippen molar-refractivity contribution in [1.29, 1.82) is 0 Å². The van der Waals surface area contributed by atoms with Crippen molar-refractivity contribution in [2.24, 2.45) is 0 Å². The standard InChI is InChI=1S/C10H11Cl3N2O4S/c1-14(5-9(16)17)20(18,19)15(2)10-7(12)3-6(11)4-8(10)13/h3-4H,5H2,1-2H3,(H,16,17). The number of benzene rings is 1. The smallest absolute Gasteiger partial charge is 0.318 e. The van der Waals surface area contributed by atoms with Crippen LogP contribution in [0.2, 0.25) is 15.1 Å². The lowest BCUT2D eigenvalue weighted by molar-refractivity contribution is -0.137. The molecule has 0 spiro atoms. The predicted molar refractivity (Wildman–Crippen MR) is 79.1 cm³/mol. The van der Waals surface area contributed by atoms with Gasteiger partial charge in [0.1, 0.15) is 6.54 Å². The number of carbonyl (C=O) groups is 1. The van der Waals surface area contributed by atoms with Crippen LogP contribution in [-0.2, 0) is 15.0 Å². The van der Waals surface area contributed by atoms with E-state index in [0.717, 1.165) is 11.4 Å². The van der Waals surface area contributed by atoms with Gasteiger partial charge in [-0.3, -0.25) is 9.10 Å². The Kier molecular flexibility index (Phi) is 5.51. The zero-order valence-electron chi connectivity index (χ0n) is 10.5. The van der Waals surface area contributed by atoms with E-state index in [1.807, 2.05) is 0 Å². The van der Waals surface area contributed by atoms with Gasteiger partial charge in [0.05, 0.1) is 15.7 Å². The van der Waals surface area contributed by atoms with E-state index in [4.69, 9.17) is 39.9 Å². The lowest BCUT2D eigenvalue weighted by atomic mass is 10.3. The van der Waals surface area contributed by atoms with Gasteiger partial charge in [0.2, 0.25) is 0 Å². The van der Waals surface area contributed by atoms with Crippen LogP contribution in [-0.4, -0.2) is 44.4 Å². The molecular weight excluding hydrogens is 351 g/mol. The van der Waals surface area contributed by atoms with Gasteiger partial charge in [-0.05, 0) is 12.1 Å². The van der Waals surface area contributed by atoms with Crippen molar-refractivity contribution in [2.75, 3.05) is 24.9 Å². The molecule has 0 radical (unpaired) electrons. The van der Waals surface area contributed by atoms with Crippen LogP contribution < -0.4 is 4.31 Å². The lowest BCUT2D eigenvalue weighted by Crippen LogP contribution is -2.42. The number of hydrogen-bond acceptors (Lipinski definition) is 3. The molecule has 0 saturated carbocycles. The number of carboxylic acids is 1. The highest BCUT2D eigenvalue weighted by Gasteiger charge is 2.28. The summed E-state index contributed by atoms with van der Waals surface area (Å²) in [5.41, 5.74) is 0.0231. The molecule has 112 valence electrons. The number of aliphatic carboxylic acids is 1. The first-order chi connectivity index (χ1) is 9.07. The molecule has 1 N–H and O–H groups in total. The van der Waals surface area contributed by atoms with Gasteiger partial charge >= 0.3 is 16.2 Å². The SMILES string of the molecule is CN(CC(=O)O)S(=O)(=O)N(C)c1c(Cl)cc(Cl)cc1Cl. The first kappa shape index (κ1) is 17.3. The van der Waals surface area contributed by atoms with Gasteiger partial charge in [-0.15, -0.1) is 0 Å². The minimum absolute atomic E-state index is 0.0231. The van der Waals surface area contributed by atoms with E-state index in [-0.39, 0.29) is 20.8 Å². The Balaban J connectivity index is 3.24. The lowest BCUT2D eigenvalue weighted by Gasteiger charge is -2.26. The minimum atomic E-state index is -4.07. The Bertz CT molecular complexity index is 612. The number of hydrogen-bond donors (Lipinski definition) is 1. The minimum Gasteiger partial charge on any atom is -0.480 e.